The molecule has 76 valence electrons. The molecule has 0 spiro atoms. The summed E-state index contributed by atoms with van der Waals surface area (Å²) in [5, 5.41) is 9.55. The lowest BCUT2D eigenvalue weighted by molar-refractivity contribution is 0.475. The molecule has 0 saturated carbocycles. The van der Waals surface area contributed by atoms with Crippen LogP contribution in [0.15, 0.2) is 30.4 Å². The molecular weight excluding hydrogens is 198 g/mol. The highest BCUT2D eigenvalue weighted by Crippen LogP contribution is 2.27. The molecule has 0 aliphatic rings. The average Bonchev–Trinajstić information content (AvgIpc) is 2.08. The maximum Gasteiger partial charge on any atom is 0.134 e. The van der Waals surface area contributed by atoms with Crippen molar-refractivity contribution < 1.29 is 5.11 Å². The minimum absolute atomic E-state index is 0.0814. The Balaban J connectivity index is 2.85. The lowest BCUT2D eigenvalue weighted by atomic mass is 10.0. The minimum Gasteiger partial charge on any atom is -0.506 e. The smallest absolute Gasteiger partial charge is 0.134 e. The van der Waals surface area contributed by atoms with E-state index in [0.717, 1.165) is 17.6 Å². The second-order valence-electron chi connectivity index (χ2n) is 3.48. The van der Waals surface area contributed by atoms with Crippen molar-refractivity contribution in [2.45, 2.75) is 19.4 Å². The predicted octanol–water partition coefficient (Wildman–Crippen LogP) is 3.01. The molecule has 3 heteroatoms. The number of nitrogens with two attached hydrogens (primary N) is 1. The normalized spacial score (nSPS) is 12.5. The van der Waals surface area contributed by atoms with Gasteiger partial charge in [0, 0.05) is 6.04 Å². The van der Waals surface area contributed by atoms with E-state index < -0.39 is 0 Å². The van der Waals surface area contributed by atoms with Crippen molar-refractivity contribution in [3.05, 3.63) is 40.9 Å². The zero-order chi connectivity index (χ0) is 10.7. The van der Waals surface area contributed by atoms with Crippen LogP contribution < -0.4 is 5.73 Å². The molecule has 1 aromatic carbocycles. The first-order chi connectivity index (χ1) is 6.50. The largest absolute Gasteiger partial charge is 0.506 e. The molecule has 0 saturated heterocycles. The molecular formula is C11H14ClNO. The molecule has 0 radical (unpaired) electrons. The maximum absolute atomic E-state index is 9.22. The number of benzene rings is 1. The molecule has 0 amide bonds. The highest BCUT2D eigenvalue weighted by atomic mass is 35.5. The molecule has 1 aromatic rings. The third-order valence-electron chi connectivity index (χ3n) is 1.97. The Kier molecular flexibility index (Phi) is 3.55. The first-order valence-corrected chi connectivity index (χ1v) is 4.77. The molecule has 0 heterocycles. The molecule has 0 bridgehead atoms. The fourth-order valence-corrected chi connectivity index (χ4v) is 1.44. The summed E-state index contributed by atoms with van der Waals surface area (Å²) in [7, 11) is 0. The van der Waals surface area contributed by atoms with E-state index in [1.807, 2.05) is 6.92 Å². The van der Waals surface area contributed by atoms with Crippen molar-refractivity contribution in [3.8, 4) is 5.75 Å². The van der Waals surface area contributed by atoms with Crippen LogP contribution in [0, 0.1) is 0 Å². The van der Waals surface area contributed by atoms with E-state index in [2.05, 4.69) is 6.58 Å². The second-order valence-corrected chi connectivity index (χ2v) is 3.89. The maximum atomic E-state index is 9.22. The van der Waals surface area contributed by atoms with Gasteiger partial charge in [-0.25, -0.2) is 0 Å². The van der Waals surface area contributed by atoms with E-state index >= 15 is 0 Å². The highest BCUT2D eigenvalue weighted by molar-refractivity contribution is 6.32. The molecule has 14 heavy (non-hydrogen) atoms. The Morgan fingerprint density at radius 1 is 1.64 bits per heavy atom. The number of halogens is 1. The number of phenols is 1. The van der Waals surface area contributed by atoms with Crippen LogP contribution in [0.2, 0.25) is 5.02 Å². The van der Waals surface area contributed by atoms with Gasteiger partial charge in [-0.15, -0.1) is 6.58 Å². The van der Waals surface area contributed by atoms with Crippen LogP contribution in [-0.2, 0) is 0 Å². The van der Waals surface area contributed by atoms with Crippen molar-refractivity contribution >= 4 is 11.6 Å². The van der Waals surface area contributed by atoms with E-state index in [4.69, 9.17) is 17.3 Å². The van der Waals surface area contributed by atoms with Gasteiger partial charge >= 0.3 is 0 Å². The van der Waals surface area contributed by atoms with Gasteiger partial charge in [-0.1, -0.05) is 23.2 Å². The van der Waals surface area contributed by atoms with E-state index in [0.29, 0.717) is 5.02 Å². The summed E-state index contributed by atoms with van der Waals surface area (Å²) in [6.07, 6.45) is 0.723. The third kappa shape index (κ3) is 2.76. The van der Waals surface area contributed by atoms with Crippen molar-refractivity contribution in [3.63, 3.8) is 0 Å². The molecule has 0 fully saturated rings. The summed E-state index contributed by atoms with van der Waals surface area (Å²) in [4.78, 5) is 0. The molecule has 0 aliphatic carbocycles. The van der Waals surface area contributed by atoms with Crippen LogP contribution in [0.25, 0.3) is 0 Å². The fraction of sp³-hybridized carbons (Fsp3) is 0.273. The second kappa shape index (κ2) is 4.49. The zero-order valence-electron chi connectivity index (χ0n) is 8.13. The molecule has 1 atom stereocenters. The lowest BCUT2D eigenvalue weighted by Crippen LogP contribution is -2.10. The standard InChI is InChI=1S/C11H14ClNO/c1-7(2)5-10(13)8-3-4-11(14)9(12)6-8/h3-4,6,10,14H,1,5,13H2,2H3/t10-/m1/s1. The van der Waals surface area contributed by atoms with E-state index in [1.54, 1.807) is 18.2 Å². The van der Waals surface area contributed by atoms with Crippen LogP contribution >= 0.6 is 11.6 Å². The summed E-state index contributed by atoms with van der Waals surface area (Å²) in [5.41, 5.74) is 7.86. The van der Waals surface area contributed by atoms with Gasteiger partial charge in [0.15, 0.2) is 0 Å². The highest BCUT2D eigenvalue weighted by Gasteiger charge is 2.08. The summed E-state index contributed by atoms with van der Waals surface area (Å²) in [6, 6.07) is 4.90. The Morgan fingerprint density at radius 2 is 2.29 bits per heavy atom. The van der Waals surface area contributed by atoms with Crippen LogP contribution in [0.5, 0.6) is 5.75 Å². The number of phenolic OH excluding ortho intramolecular Hbond substituents is 1. The van der Waals surface area contributed by atoms with Gasteiger partial charge in [-0.05, 0) is 31.0 Å². The molecule has 0 aliphatic heterocycles. The van der Waals surface area contributed by atoms with Gasteiger partial charge in [0.1, 0.15) is 5.75 Å². The van der Waals surface area contributed by atoms with Gasteiger partial charge in [0.2, 0.25) is 0 Å². The van der Waals surface area contributed by atoms with Crippen molar-refractivity contribution in [2.24, 2.45) is 5.73 Å². The van der Waals surface area contributed by atoms with Crippen LogP contribution in [0.1, 0.15) is 24.9 Å². The first kappa shape index (κ1) is 11.1. The summed E-state index contributed by atoms with van der Waals surface area (Å²) in [5.74, 6) is 0.0814. The summed E-state index contributed by atoms with van der Waals surface area (Å²) in [6.45, 7) is 5.73. The van der Waals surface area contributed by atoms with E-state index in [1.165, 1.54) is 0 Å². The SMILES string of the molecule is C=C(C)C[C@@H](N)c1ccc(O)c(Cl)c1. The van der Waals surface area contributed by atoms with Crippen LogP contribution in [0.4, 0.5) is 0 Å². The molecule has 0 aromatic heterocycles. The van der Waals surface area contributed by atoms with Crippen LogP contribution in [-0.4, -0.2) is 5.11 Å². The van der Waals surface area contributed by atoms with Gasteiger partial charge < -0.3 is 10.8 Å². The number of rotatable bonds is 3. The van der Waals surface area contributed by atoms with Crippen molar-refractivity contribution in [2.75, 3.05) is 0 Å². The molecule has 3 N–H and O–H groups in total. The van der Waals surface area contributed by atoms with Crippen molar-refractivity contribution in [1.82, 2.24) is 0 Å². The zero-order valence-corrected chi connectivity index (χ0v) is 8.88. The number of aromatic hydroxyl groups is 1. The van der Waals surface area contributed by atoms with E-state index in [9.17, 15) is 5.11 Å². The topological polar surface area (TPSA) is 46.2 Å². The average molecular weight is 212 g/mol. The Labute approximate surface area is 89.0 Å². The lowest BCUT2D eigenvalue weighted by Gasteiger charge is -2.12. The number of hydrogen-bond donors (Lipinski definition) is 2. The Morgan fingerprint density at radius 3 is 2.79 bits per heavy atom. The molecule has 1 rings (SSSR count). The quantitative estimate of drug-likeness (QED) is 0.755. The third-order valence-corrected chi connectivity index (χ3v) is 2.27. The van der Waals surface area contributed by atoms with E-state index in [-0.39, 0.29) is 11.8 Å². The van der Waals surface area contributed by atoms with Gasteiger partial charge in [-0.2, -0.15) is 0 Å². The first-order valence-electron chi connectivity index (χ1n) is 4.39. The van der Waals surface area contributed by atoms with Gasteiger partial charge in [0.05, 0.1) is 5.02 Å². The van der Waals surface area contributed by atoms with Gasteiger partial charge in [0.25, 0.3) is 0 Å². The van der Waals surface area contributed by atoms with Crippen LogP contribution in [0.3, 0.4) is 0 Å². The summed E-state index contributed by atoms with van der Waals surface area (Å²) < 4.78 is 0. The van der Waals surface area contributed by atoms with Gasteiger partial charge in [-0.3, -0.25) is 0 Å². The minimum atomic E-state index is -0.106. The molecule has 0 unspecified atom stereocenters. The number of hydrogen-bond acceptors (Lipinski definition) is 2. The predicted molar refractivity (Wildman–Crippen MR) is 59.5 cm³/mol. The fourth-order valence-electron chi connectivity index (χ4n) is 1.25. The summed E-state index contributed by atoms with van der Waals surface area (Å²) >= 11 is 5.77. The van der Waals surface area contributed by atoms with Crippen molar-refractivity contribution in [1.29, 1.82) is 0 Å². The monoisotopic (exact) mass is 211 g/mol. The Bertz CT molecular complexity index is 349. The Hall–Kier alpha value is -0.990. The molecule has 2 nitrogen and oxygen atoms in total.